The van der Waals surface area contributed by atoms with E-state index in [9.17, 15) is 14.7 Å². The predicted octanol–water partition coefficient (Wildman–Crippen LogP) is 3.57. The molecule has 2 aromatic rings. The van der Waals surface area contributed by atoms with E-state index < -0.39 is 0 Å². The van der Waals surface area contributed by atoms with Gasteiger partial charge in [0.2, 0.25) is 0 Å². The standard InChI is InChI=1S/C18H19O3.C4H3NOS2.Na/c1-3-7-17-14(10-11-16(13(2)19)18(17)20)12-21-15-8-5-4-6-9-15;1-2-3(6)5-4(7)8-2;/h5-6,8-11,20H,3,7,12H2,1-2H3;1H2,(H,5,6,7);. The molecule has 1 saturated heterocycles. The number of rotatable bonds is 6. The minimum atomic E-state index is -0.167. The van der Waals surface area contributed by atoms with Crippen LogP contribution in [0.2, 0.25) is 0 Å². The Hall–Kier alpha value is -1.64. The van der Waals surface area contributed by atoms with E-state index >= 15 is 0 Å². The zero-order valence-electron chi connectivity index (χ0n) is 17.3. The quantitative estimate of drug-likeness (QED) is 0.303. The molecule has 0 aromatic heterocycles. The van der Waals surface area contributed by atoms with Gasteiger partial charge in [-0.25, -0.2) is 0 Å². The van der Waals surface area contributed by atoms with Crippen LogP contribution in [0, 0.1) is 0 Å². The second-order valence-electron chi connectivity index (χ2n) is 6.77. The number of benzene rings is 2. The van der Waals surface area contributed by atoms with Crippen molar-refractivity contribution in [2.45, 2.75) is 33.3 Å². The van der Waals surface area contributed by atoms with Crippen LogP contribution in [0.15, 0.2) is 47.9 Å². The van der Waals surface area contributed by atoms with Crippen molar-refractivity contribution < 1.29 is 19.4 Å². The van der Waals surface area contributed by atoms with Crippen molar-refractivity contribution in [3.63, 3.8) is 0 Å². The fourth-order valence-corrected chi connectivity index (χ4v) is 4.01. The van der Waals surface area contributed by atoms with Crippen LogP contribution in [0.25, 0.3) is 0 Å². The summed E-state index contributed by atoms with van der Waals surface area (Å²) in [6.45, 7) is 7.36. The van der Waals surface area contributed by atoms with Crippen LogP contribution in [0.3, 0.4) is 0 Å². The average molecular weight is 452 g/mol. The number of thiocarbonyl (C=S) groups is 1. The summed E-state index contributed by atoms with van der Waals surface area (Å²) in [5.41, 5.74) is 2.13. The van der Waals surface area contributed by atoms with Gasteiger partial charge in [-0.15, -0.1) is 0 Å². The van der Waals surface area contributed by atoms with Crippen LogP contribution in [-0.4, -0.2) is 49.0 Å². The SMILES string of the molecule is C=C1SC(=S)NC1=O.CCCc1c(COc2cc[c]([Na])cc2)ccc(C(C)=O)c1O. The number of phenolic OH excluding ortho intramolecular Hbond substituents is 1. The molecule has 0 unspecified atom stereocenters. The number of amides is 1. The van der Waals surface area contributed by atoms with Crippen molar-refractivity contribution in [3.05, 3.63) is 64.6 Å². The molecule has 30 heavy (non-hydrogen) atoms. The second kappa shape index (κ2) is 11.7. The summed E-state index contributed by atoms with van der Waals surface area (Å²) in [5, 5.41) is 12.8. The van der Waals surface area contributed by atoms with E-state index in [4.69, 9.17) is 4.74 Å². The first-order valence-electron chi connectivity index (χ1n) is 9.49. The molecule has 5 nitrogen and oxygen atoms in total. The Kier molecular flexibility index (Phi) is 9.58. The van der Waals surface area contributed by atoms with E-state index in [-0.39, 0.29) is 17.4 Å². The molecule has 1 aliphatic heterocycles. The van der Waals surface area contributed by atoms with Crippen molar-refractivity contribution in [1.82, 2.24) is 5.32 Å². The molecule has 0 atom stereocenters. The van der Waals surface area contributed by atoms with Gasteiger partial charge in [0.1, 0.15) is 4.32 Å². The molecule has 2 aromatic carbocycles. The van der Waals surface area contributed by atoms with Gasteiger partial charge in [-0.1, -0.05) is 30.6 Å². The Morgan fingerprint density at radius 1 is 1.27 bits per heavy atom. The minimum absolute atomic E-state index is 0.102. The van der Waals surface area contributed by atoms with Crippen molar-refractivity contribution in [2.24, 2.45) is 0 Å². The zero-order valence-corrected chi connectivity index (χ0v) is 20.9. The van der Waals surface area contributed by atoms with Crippen LogP contribution in [0.1, 0.15) is 41.8 Å². The topological polar surface area (TPSA) is 75.6 Å². The van der Waals surface area contributed by atoms with Crippen LogP contribution >= 0.6 is 24.0 Å². The van der Waals surface area contributed by atoms with E-state index in [0.717, 1.165) is 57.6 Å². The number of ketones is 1. The van der Waals surface area contributed by atoms with Crippen molar-refractivity contribution in [2.75, 3.05) is 0 Å². The molecule has 3 rings (SSSR count). The van der Waals surface area contributed by atoms with Gasteiger partial charge in [0, 0.05) is 0 Å². The Bertz CT molecular complexity index is 956. The maximum atomic E-state index is 11.6. The van der Waals surface area contributed by atoms with Gasteiger partial charge >= 0.3 is 149 Å². The summed E-state index contributed by atoms with van der Waals surface area (Å²) in [6.07, 6.45) is 1.63. The number of hydrogen-bond acceptors (Lipinski definition) is 6. The molecule has 0 saturated carbocycles. The van der Waals surface area contributed by atoms with Crippen molar-refractivity contribution >= 4 is 70.7 Å². The number of nitrogens with one attached hydrogen (secondary N) is 1. The number of ether oxygens (including phenoxy) is 1. The van der Waals surface area contributed by atoms with Gasteiger partial charge in [-0.3, -0.25) is 4.79 Å². The summed E-state index contributed by atoms with van der Waals surface area (Å²) >= 11 is 6.87. The van der Waals surface area contributed by atoms with Gasteiger partial charge in [0.15, 0.2) is 0 Å². The first kappa shape index (κ1) is 24.6. The molecule has 1 fully saturated rings. The molecule has 1 amide bonds. The first-order valence-corrected chi connectivity index (χ1v) is 11.7. The van der Waals surface area contributed by atoms with Crippen molar-refractivity contribution in [3.8, 4) is 11.5 Å². The first-order chi connectivity index (χ1) is 14.2. The Labute approximate surface area is 203 Å². The molecule has 2 N–H and O–H groups in total. The normalized spacial score (nSPS) is 12.9. The third-order valence-electron chi connectivity index (χ3n) is 4.36. The third kappa shape index (κ3) is 6.96. The summed E-state index contributed by atoms with van der Waals surface area (Å²) in [5.74, 6) is 0.632. The molecule has 8 heteroatoms. The van der Waals surface area contributed by atoms with Gasteiger partial charge in [-0.05, 0) is 0 Å². The van der Waals surface area contributed by atoms with Crippen LogP contribution in [0.4, 0.5) is 0 Å². The fourth-order valence-electron chi connectivity index (χ4n) is 2.77. The second-order valence-corrected chi connectivity index (χ2v) is 9.70. The molecule has 0 radical (unpaired) electrons. The number of thioether (sulfide) groups is 1. The van der Waals surface area contributed by atoms with Gasteiger partial charge in [0.25, 0.3) is 5.91 Å². The number of Topliss-reactive ketones (excluding diaryl/α,β-unsaturated/α-hetero) is 1. The van der Waals surface area contributed by atoms with E-state index in [1.807, 2.05) is 25.1 Å². The Balaban J connectivity index is 0.000000335. The molecule has 0 spiro atoms. The Morgan fingerprint density at radius 3 is 2.40 bits per heavy atom. The predicted molar refractivity (Wildman–Crippen MR) is 126 cm³/mol. The monoisotopic (exact) mass is 451 g/mol. The number of phenols is 1. The fraction of sp³-hybridized carbons (Fsp3) is 0.227. The van der Waals surface area contributed by atoms with Gasteiger partial charge < -0.3 is 5.32 Å². The molecule has 152 valence electrons. The molecule has 0 aliphatic carbocycles. The summed E-state index contributed by atoms with van der Waals surface area (Å²) in [7, 11) is 0. The number of carbonyl (C=O) groups is 2. The molecule has 0 bridgehead atoms. The van der Waals surface area contributed by atoms with Crippen LogP contribution < -0.4 is 12.9 Å². The van der Waals surface area contributed by atoms with E-state index in [1.165, 1.54) is 21.5 Å². The Morgan fingerprint density at radius 2 is 1.93 bits per heavy atom. The molecular weight excluding hydrogens is 429 g/mol. The van der Waals surface area contributed by atoms with E-state index in [1.54, 1.807) is 6.07 Å². The molecule has 1 heterocycles. The number of carbonyl (C=O) groups excluding carboxylic acids is 2. The molecule has 1 aliphatic rings. The summed E-state index contributed by atoms with van der Waals surface area (Å²) < 4.78 is 7.63. The maximum absolute atomic E-state index is 11.6. The van der Waals surface area contributed by atoms with Gasteiger partial charge in [-0.2, -0.15) is 0 Å². The molecular formula is C22H22NNaO4S2. The summed E-state index contributed by atoms with van der Waals surface area (Å²) in [6, 6.07) is 11.6. The van der Waals surface area contributed by atoms with Crippen LogP contribution in [-0.2, 0) is 17.8 Å². The van der Waals surface area contributed by atoms with E-state index in [2.05, 4.69) is 36.2 Å². The zero-order chi connectivity index (χ0) is 22.3. The average Bonchev–Trinajstić information content (AvgIpc) is 2.99. The summed E-state index contributed by atoms with van der Waals surface area (Å²) in [4.78, 5) is 22.5. The van der Waals surface area contributed by atoms with Crippen molar-refractivity contribution in [1.29, 1.82) is 0 Å². The van der Waals surface area contributed by atoms with E-state index in [0.29, 0.717) is 21.4 Å². The number of hydrogen-bond donors (Lipinski definition) is 2. The number of aromatic hydroxyl groups is 1. The third-order valence-corrected chi connectivity index (χ3v) is 6.10. The van der Waals surface area contributed by atoms with Gasteiger partial charge in [0.05, 0.1) is 4.91 Å². The van der Waals surface area contributed by atoms with Crippen LogP contribution in [0.5, 0.6) is 11.5 Å².